The summed E-state index contributed by atoms with van der Waals surface area (Å²) in [5.41, 5.74) is 5.77. The zero-order valence-corrected chi connectivity index (χ0v) is 13.8. The summed E-state index contributed by atoms with van der Waals surface area (Å²) in [6.07, 6.45) is 0.551. The van der Waals surface area contributed by atoms with E-state index in [1.54, 1.807) is 0 Å². The maximum atomic E-state index is 10.6. The summed E-state index contributed by atoms with van der Waals surface area (Å²) >= 11 is 0. The highest BCUT2D eigenvalue weighted by molar-refractivity contribution is 5.39. The number of aliphatic hydroxyl groups is 1. The molecule has 1 unspecified atom stereocenters. The van der Waals surface area contributed by atoms with E-state index in [1.807, 2.05) is 6.92 Å². The third-order valence-corrected chi connectivity index (χ3v) is 4.62. The molecular formula is C20H26O. The second-order valence-electron chi connectivity index (χ2n) is 6.62. The number of aryl methyl sites for hydroxylation is 2. The summed E-state index contributed by atoms with van der Waals surface area (Å²) < 4.78 is 0. The Morgan fingerprint density at radius 3 is 2.19 bits per heavy atom. The minimum atomic E-state index is -0.552. The zero-order chi connectivity index (χ0) is 15.6. The first kappa shape index (κ1) is 15.8. The van der Waals surface area contributed by atoms with Crippen molar-refractivity contribution in [3.8, 4) is 0 Å². The number of rotatable bonds is 4. The first-order valence-electron chi connectivity index (χ1n) is 7.71. The smallest absolute Gasteiger partial charge is 0.104 e. The molecule has 1 heteroatoms. The van der Waals surface area contributed by atoms with E-state index in [-0.39, 0.29) is 5.41 Å². The highest BCUT2D eigenvalue weighted by Crippen LogP contribution is 2.30. The van der Waals surface area contributed by atoms with E-state index in [0.717, 1.165) is 23.1 Å². The van der Waals surface area contributed by atoms with Gasteiger partial charge in [0.1, 0.15) is 6.10 Å². The Balaban J connectivity index is 2.32. The molecule has 112 valence electrons. The van der Waals surface area contributed by atoms with Crippen LogP contribution in [-0.2, 0) is 5.41 Å². The molecule has 2 aromatic rings. The molecule has 0 bridgehead atoms. The lowest BCUT2D eigenvalue weighted by molar-refractivity contribution is 0.219. The van der Waals surface area contributed by atoms with Crippen LogP contribution in [-0.4, -0.2) is 5.11 Å². The van der Waals surface area contributed by atoms with Crippen LogP contribution in [0.15, 0.2) is 42.5 Å². The van der Waals surface area contributed by atoms with E-state index in [2.05, 4.69) is 70.2 Å². The summed E-state index contributed by atoms with van der Waals surface area (Å²) in [5.74, 6) is 0. The third-order valence-electron chi connectivity index (χ3n) is 4.62. The molecular weight excluding hydrogens is 256 g/mol. The van der Waals surface area contributed by atoms with Gasteiger partial charge in [-0.05, 0) is 47.9 Å². The van der Waals surface area contributed by atoms with Crippen LogP contribution in [0.5, 0.6) is 0 Å². The lowest BCUT2D eigenvalue weighted by Crippen LogP contribution is -2.15. The van der Waals surface area contributed by atoms with E-state index in [4.69, 9.17) is 0 Å². The van der Waals surface area contributed by atoms with Gasteiger partial charge in [-0.25, -0.2) is 0 Å². The van der Waals surface area contributed by atoms with Gasteiger partial charge >= 0.3 is 0 Å². The van der Waals surface area contributed by atoms with Gasteiger partial charge in [-0.3, -0.25) is 0 Å². The molecule has 0 fully saturated rings. The molecule has 0 aliphatic carbocycles. The van der Waals surface area contributed by atoms with Crippen LogP contribution in [0.1, 0.15) is 61.1 Å². The summed E-state index contributed by atoms with van der Waals surface area (Å²) in [4.78, 5) is 0. The van der Waals surface area contributed by atoms with E-state index >= 15 is 0 Å². The molecule has 2 aromatic carbocycles. The Kier molecular flexibility index (Phi) is 4.53. The molecule has 1 N–H and O–H groups in total. The maximum absolute atomic E-state index is 10.6. The van der Waals surface area contributed by atoms with Crippen molar-refractivity contribution in [3.63, 3.8) is 0 Å². The zero-order valence-electron chi connectivity index (χ0n) is 13.8. The van der Waals surface area contributed by atoms with Gasteiger partial charge in [0, 0.05) is 0 Å². The first-order valence-corrected chi connectivity index (χ1v) is 7.71. The predicted octanol–water partition coefficient (Wildman–Crippen LogP) is 5.07. The molecule has 0 spiro atoms. The second kappa shape index (κ2) is 6.03. The largest absolute Gasteiger partial charge is 0.384 e. The summed E-state index contributed by atoms with van der Waals surface area (Å²) in [5, 5.41) is 10.6. The first-order chi connectivity index (χ1) is 9.85. The van der Waals surface area contributed by atoms with E-state index in [0.29, 0.717) is 0 Å². The molecule has 1 nitrogen and oxygen atoms in total. The van der Waals surface area contributed by atoms with Crippen LogP contribution in [0, 0.1) is 13.8 Å². The van der Waals surface area contributed by atoms with Gasteiger partial charge in [-0.1, -0.05) is 68.8 Å². The van der Waals surface area contributed by atoms with Crippen molar-refractivity contribution in [2.24, 2.45) is 0 Å². The third kappa shape index (κ3) is 3.36. The molecule has 0 aliphatic rings. The Bertz CT molecular complexity index is 608. The quantitative estimate of drug-likeness (QED) is 0.829. The topological polar surface area (TPSA) is 20.2 Å². The summed E-state index contributed by atoms with van der Waals surface area (Å²) in [7, 11) is 0. The highest BCUT2D eigenvalue weighted by atomic mass is 16.3. The van der Waals surface area contributed by atoms with Gasteiger partial charge < -0.3 is 5.11 Å². The standard InChI is InChI=1S/C20H26O/c1-6-20(4,5)17-11-9-16(10-12-17)19(21)18-13-14(2)7-8-15(18)3/h7-13,19,21H,6H2,1-5H3. The van der Waals surface area contributed by atoms with Gasteiger partial charge in [-0.2, -0.15) is 0 Å². The van der Waals surface area contributed by atoms with Crippen LogP contribution in [0.4, 0.5) is 0 Å². The van der Waals surface area contributed by atoms with Gasteiger partial charge in [0.2, 0.25) is 0 Å². The van der Waals surface area contributed by atoms with E-state index < -0.39 is 6.10 Å². The summed E-state index contributed by atoms with van der Waals surface area (Å²) in [6, 6.07) is 14.6. The number of aliphatic hydroxyl groups excluding tert-OH is 1. The SMILES string of the molecule is CCC(C)(C)c1ccc(C(O)c2cc(C)ccc2C)cc1. The van der Waals surface area contributed by atoms with Gasteiger partial charge in [0.15, 0.2) is 0 Å². The molecule has 0 aliphatic heterocycles. The Morgan fingerprint density at radius 1 is 1.00 bits per heavy atom. The highest BCUT2D eigenvalue weighted by Gasteiger charge is 2.19. The fourth-order valence-corrected chi connectivity index (χ4v) is 2.55. The lowest BCUT2D eigenvalue weighted by atomic mass is 9.81. The van der Waals surface area contributed by atoms with Gasteiger partial charge in [0.05, 0.1) is 0 Å². The van der Waals surface area contributed by atoms with Crippen molar-refractivity contribution in [2.45, 2.75) is 52.6 Å². The van der Waals surface area contributed by atoms with Crippen molar-refractivity contribution in [3.05, 3.63) is 70.3 Å². The van der Waals surface area contributed by atoms with Crippen molar-refractivity contribution in [1.29, 1.82) is 0 Å². The van der Waals surface area contributed by atoms with Crippen LogP contribution < -0.4 is 0 Å². The monoisotopic (exact) mass is 282 g/mol. The fourth-order valence-electron chi connectivity index (χ4n) is 2.55. The Hall–Kier alpha value is -1.60. The molecule has 21 heavy (non-hydrogen) atoms. The lowest BCUT2D eigenvalue weighted by Gasteiger charge is -2.24. The van der Waals surface area contributed by atoms with Crippen molar-refractivity contribution < 1.29 is 5.11 Å². The minimum absolute atomic E-state index is 0.183. The molecule has 0 aromatic heterocycles. The van der Waals surface area contributed by atoms with Crippen LogP contribution in [0.3, 0.4) is 0 Å². The maximum Gasteiger partial charge on any atom is 0.104 e. The van der Waals surface area contributed by atoms with Crippen molar-refractivity contribution >= 4 is 0 Å². The van der Waals surface area contributed by atoms with Crippen LogP contribution in [0.2, 0.25) is 0 Å². The molecule has 0 amide bonds. The number of benzene rings is 2. The van der Waals surface area contributed by atoms with Gasteiger partial charge in [-0.15, -0.1) is 0 Å². The van der Waals surface area contributed by atoms with Crippen molar-refractivity contribution in [2.75, 3.05) is 0 Å². The Morgan fingerprint density at radius 2 is 1.62 bits per heavy atom. The van der Waals surface area contributed by atoms with Gasteiger partial charge in [0.25, 0.3) is 0 Å². The minimum Gasteiger partial charge on any atom is -0.384 e. The molecule has 0 radical (unpaired) electrons. The molecule has 2 rings (SSSR count). The van der Waals surface area contributed by atoms with Crippen LogP contribution in [0.25, 0.3) is 0 Å². The second-order valence-corrected chi connectivity index (χ2v) is 6.62. The van der Waals surface area contributed by atoms with E-state index in [9.17, 15) is 5.11 Å². The average Bonchev–Trinajstić information content (AvgIpc) is 2.49. The average molecular weight is 282 g/mol. The van der Waals surface area contributed by atoms with Crippen LogP contribution >= 0.6 is 0 Å². The summed E-state index contributed by atoms with van der Waals surface area (Å²) in [6.45, 7) is 10.8. The van der Waals surface area contributed by atoms with Crippen molar-refractivity contribution in [1.82, 2.24) is 0 Å². The number of hydrogen-bond donors (Lipinski definition) is 1. The molecule has 1 atom stereocenters. The predicted molar refractivity (Wildman–Crippen MR) is 89.7 cm³/mol. The molecule has 0 heterocycles. The van der Waals surface area contributed by atoms with E-state index in [1.165, 1.54) is 11.1 Å². The number of hydrogen-bond acceptors (Lipinski definition) is 1. The fraction of sp³-hybridized carbons (Fsp3) is 0.400. The molecule has 0 saturated carbocycles. The normalized spacial score (nSPS) is 13.2. The Labute approximate surface area is 128 Å². The molecule has 0 saturated heterocycles.